The second-order valence-electron chi connectivity index (χ2n) is 5.51. The quantitative estimate of drug-likeness (QED) is 0.565. The van der Waals surface area contributed by atoms with Crippen molar-refractivity contribution in [1.82, 2.24) is 14.8 Å². The summed E-state index contributed by atoms with van der Waals surface area (Å²) in [6.07, 6.45) is 7.66. The maximum atomic E-state index is 12.2. The van der Waals surface area contributed by atoms with E-state index in [-0.39, 0.29) is 5.97 Å². The van der Waals surface area contributed by atoms with Crippen LogP contribution >= 0.6 is 0 Å². The number of esters is 1. The molecule has 2 rings (SSSR count). The summed E-state index contributed by atoms with van der Waals surface area (Å²) >= 11 is 0. The van der Waals surface area contributed by atoms with Crippen LogP contribution in [0.4, 0.5) is 5.69 Å². The number of aryl methyl sites for hydroxylation is 1. The third kappa shape index (κ3) is 4.00. The van der Waals surface area contributed by atoms with Gasteiger partial charge in [-0.05, 0) is 19.8 Å². The number of rotatable bonds is 9. The molecule has 0 aliphatic heterocycles. The minimum Gasteiger partial charge on any atom is -0.462 e. The van der Waals surface area contributed by atoms with Crippen molar-refractivity contribution in [2.24, 2.45) is 0 Å². The van der Waals surface area contributed by atoms with Crippen molar-refractivity contribution in [2.75, 3.05) is 18.5 Å². The van der Waals surface area contributed by atoms with E-state index < -0.39 is 0 Å². The first-order valence-corrected chi connectivity index (χ1v) is 8.48. The zero-order valence-electron chi connectivity index (χ0n) is 14.3. The summed E-state index contributed by atoms with van der Waals surface area (Å²) in [5.74, 6) is -0.345. The van der Waals surface area contributed by atoms with E-state index >= 15 is 0 Å². The van der Waals surface area contributed by atoms with E-state index in [9.17, 15) is 4.79 Å². The molecule has 0 aliphatic carbocycles. The average molecular weight is 318 g/mol. The first-order valence-electron chi connectivity index (χ1n) is 8.48. The Labute approximate surface area is 137 Å². The number of pyridine rings is 1. The van der Waals surface area contributed by atoms with Gasteiger partial charge in [-0.15, -0.1) is 0 Å². The van der Waals surface area contributed by atoms with Gasteiger partial charge < -0.3 is 10.1 Å². The fraction of sp³-hybridized carbons (Fsp3) is 0.588. The number of nitrogens with zero attached hydrogens (tertiary/aromatic N) is 3. The van der Waals surface area contributed by atoms with E-state index in [0.717, 1.165) is 55.5 Å². The number of nitrogens with one attached hydrogen (secondary N) is 1. The number of fused-ring (bicyclic) bond motifs is 1. The van der Waals surface area contributed by atoms with Gasteiger partial charge in [0, 0.05) is 19.3 Å². The van der Waals surface area contributed by atoms with Crippen LogP contribution in [0.3, 0.4) is 0 Å². The Hall–Kier alpha value is -2.11. The lowest BCUT2D eigenvalue weighted by atomic mass is 10.1. The zero-order valence-corrected chi connectivity index (χ0v) is 14.3. The van der Waals surface area contributed by atoms with Gasteiger partial charge in [-0.2, -0.15) is 5.10 Å². The summed E-state index contributed by atoms with van der Waals surface area (Å²) in [7, 11) is 0. The van der Waals surface area contributed by atoms with Crippen LogP contribution in [0.1, 0.15) is 56.8 Å². The highest BCUT2D eigenvalue weighted by Gasteiger charge is 2.18. The van der Waals surface area contributed by atoms with Crippen LogP contribution in [0.2, 0.25) is 0 Å². The summed E-state index contributed by atoms with van der Waals surface area (Å²) in [5, 5.41) is 8.68. The van der Waals surface area contributed by atoms with Crippen molar-refractivity contribution in [2.45, 2.75) is 53.0 Å². The lowest BCUT2D eigenvalue weighted by Gasteiger charge is -2.12. The van der Waals surface area contributed by atoms with Crippen molar-refractivity contribution in [3.05, 3.63) is 18.0 Å². The molecule has 0 amide bonds. The third-order valence-electron chi connectivity index (χ3n) is 3.72. The van der Waals surface area contributed by atoms with Crippen molar-refractivity contribution in [3.63, 3.8) is 0 Å². The molecule has 0 aromatic carbocycles. The number of aromatic nitrogens is 3. The lowest BCUT2D eigenvalue weighted by Crippen LogP contribution is -2.12. The minimum absolute atomic E-state index is 0.345. The van der Waals surface area contributed by atoms with Crippen LogP contribution < -0.4 is 5.32 Å². The van der Waals surface area contributed by atoms with E-state index in [1.165, 1.54) is 0 Å². The van der Waals surface area contributed by atoms with E-state index in [2.05, 4.69) is 29.2 Å². The van der Waals surface area contributed by atoms with Crippen LogP contribution in [0.25, 0.3) is 11.0 Å². The fourth-order valence-corrected chi connectivity index (χ4v) is 2.44. The number of carbonyl (C=O) groups is 1. The van der Waals surface area contributed by atoms with Crippen molar-refractivity contribution >= 4 is 22.7 Å². The molecule has 6 nitrogen and oxygen atoms in total. The van der Waals surface area contributed by atoms with Crippen LogP contribution in [0.5, 0.6) is 0 Å². The van der Waals surface area contributed by atoms with Gasteiger partial charge in [0.05, 0.1) is 23.9 Å². The summed E-state index contributed by atoms with van der Waals surface area (Å²) in [4.78, 5) is 16.6. The molecule has 0 unspecified atom stereocenters. The molecule has 0 saturated carbocycles. The monoisotopic (exact) mass is 318 g/mol. The summed E-state index contributed by atoms with van der Waals surface area (Å²) < 4.78 is 7.05. The SMILES string of the molecule is CCCCNc1c(C(=O)OCC)cnc2c1cnn2CCCC. The summed E-state index contributed by atoms with van der Waals surface area (Å²) in [5.41, 5.74) is 2.07. The molecule has 0 atom stereocenters. The smallest absolute Gasteiger partial charge is 0.341 e. The number of anilines is 1. The zero-order chi connectivity index (χ0) is 16.7. The number of carbonyl (C=O) groups excluding carboxylic acids is 1. The van der Waals surface area contributed by atoms with Crippen molar-refractivity contribution < 1.29 is 9.53 Å². The number of unbranched alkanes of at least 4 members (excludes halogenated alkanes) is 2. The highest BCUT2D eigenvalue weighted by molar-refractivity contribution is 6.04. The lowest BCUT2D eigenvalue weighted by molar-refractivity contribution is 0.0527. The molecule has 126 valence electrons. The number of hydrogen-bond donors (Lipinski definition) is 1. The average Bonchev–Trinajstić information content (AvgIpc) is 2.96. The highest BCUT2D eigenvalue weighted by atomic mass is 16.5. The van der Waals surface area contributed by atoms with Gasteiger partial charge in [0.25, 0.3) is 0 Å². The van der Waals surface area contributed by atoms with Gasteiger partial charge in [-0.3, -0.25) is 0 Å². The first kappa shape index (κ1) is 17.2. The number of hydrogen-bond acceptors (Lipinski definition) is 5. The van der Waals surface area contributed by atoms with E-state index in [1.807, 2.05) is 4.68 Å². The van der Waals surface area contributed by atoms with Gasteiger partial charge in [-0.25, -0.2) is 14.5 Å². The molecule has 0 saturated heterocycles. The molecule has 0 spiro atoms. The molecule has 2 aromatic rings. The van der Waals surface area contributed by atoms with E-state index in [4.69, 9.17) is 4.74 Å². The molecule has 23 heavy (non-hydrogen) atoms. The minimum atomic E-state index is -0.345. The van der Waals surface area contributed by atoms with Crippen LogP contribution in [0.15, 0.2) is 12.4 Å². The fourth-order valence-electron chi connectivity index (χ4n) is 2.44. The molecule has 2 aromatic heterocycles. The third-order valence-corrected chi connectivity index (χ3v) is 3.72. The van der Waals surface area contributed by atoms with Gasteiger partial charge >= 0.3 is 5.97 Å². The predicted molar refractivity (Wildman–Crippen MR) is 91.8 cm³/mol. The Morgan fingerprint density at radius 1 is 1.22 bits per heavy atom. The molecule has 1 N–H and O–H groups in total. The Bertz CT molecular complexity index is 651. The van der Waals surface area contributed by atoms with Crippen LogP contribution in [0, 0.1) is 0 Å². The van der Waals surface area contributed by atoms with Crippen molar-refractivity contribution in [3.8, 4) is 0 Å². The van der Waals surface area contributed by atoms with Gasteiger partial charge in [-0.1, -0.05) is 26.7 Å². The molecule has 0 bridgehead atoms. The van der Waals surface area contributed by atoms with E-state index in [0.29, 0.717) is 12.2 Å². The van der Waals surface area contributed by atoms with Crippen molar-refractivity contribution in [1.29, 1.82) is 0 Å². The largest absolute Gasteiger partial charge is 0.462 e. The maximum absolute atomic E-state index is 12.2. The second kappa shape index (κ2) is 8.50. The van der Waals surface area contributed by atoms with Crippen LogP contribution in [-0.2, 0) is 11.3 Å². The van der Waals surface area contributed by atoms with Crippen LogP contribution in [-0.4, -0.2) is 33.9 Å². The second-order valence-corrected chi connectivity index (χ2v) is 5.51. The summed E-state index contributed by atoms with van der Waals surface area (Å²) in [6, 6.07) is 0. The van der Waals surface area contributed by atoms with Gasteiger partial charge in [0.2, 0.25) is 0 Å². The molecular formula is C17H26N4O2. The molecule has 0 fully saturated rings. The normalized spacial score (nSPS) is 10.9. The highest BCUT2D eigenvalue weighted by Crippen LogP contribution is 2.27. The molecule has 2 heterocycles. The predicted octanol–water partition coefficient (Wildman–Crippen LogP) is 3.62. The molecule has 0 aliphatic rings. The Kier molecular flexibility index (Phi) is 6.38. The van der Waals surface area contributed by atoms with Gasteiger partial charge in [0.15, 0.2) is 5.65 Å². The Morgan fingerprint density at radius 3 is 2.70 bits per heavy atom. The molecule has 0 radical (unpaired) electrons. The maximum Gasteiger partial charge on any atom is 0.341 e. The standard InChI is InChI=1S/C17H26N4O2/c1-4-7-9-18-15-13-12-20-21(10-8-5-2)16(13)19-11-14(15)17(22)23-6-3/h11-12H,4-10H2,1-3H3,(H,18,19). The molecule has 6 heteroatoms. The molecular weight excluding hydrogens is 292 g/mol. The first-order chi connectivity index (χ1) is 11.2. The topological polar surface area (TPSA) is 69.0 Å². The Morgan fingerprint density at radius 2 is 2.00 bits per heavy atom. The Balaban J connectivity index is 2.41. The number of ether oxygens (including phenoxy) is 1. The van der Waals surface area contributed by atoms with Gasteiger partial charge in [0.1, 0.15) is 5.56 Å². The summed E-state index contributed by atoms with van der Waals surface area (Å²) in [6.45, 7) is 8.08. The van der Waals surface area contributed by atoms with E-state index in [1.54, 1.807) is 19.3 Å².